The summed E-state index contributed by atoms with van der Waals surface area (Å²) in [5, 5.41) is 12.7. The third kappa shape index (κ3) is 2.17. The molecule has 1 saturated heterocycles. The van der Waals surface area contributed by atoms with E-state index in [-0.39, 0.29) is 0 Å². The summed E-state index contributed by atoms with van der Waals surface area (Å²) in [5.41, 5.74) is 5.97. The zero-order valence-electron chi connectivity index (χ0n) is 12.5. The Bertz CT molecular complexity index is 745. The Kier molecular flexibility index (Phi) is 3.32. The third-order valence-electron chi connectivity index (χ3n) is 4.79. The predicted molar refractivity (Wildman–Crippen MR) is 88.9 cm³/mol. The second-order valence-corrected chi connectivity index (χ2v) is 6.10. The molecule has 1 atom stereocenters. The van der Waals surface area contributed by atoms with Crippen LogP contribution in [-0.4, -0.2) is 25.7 Å². The van der Waals surface area contributed by atoms with Gasteiger partial charge in [0, 0.05) is 30.4 Å². The maximum atomic E-state index is 9.16. The molecule has 2 heterocycles. The van der Waals surface area contributed by atoms with Crippen molar-refractivity contribution in [2.24, 2.45) is 0 Å². The minimum absolute atomic E-state index is 0.616. The highest BCUT2D eigenvalue weighted by Gasteiger charge is 2.31. The first-order valence-corrected chi connectivity index (χ1v) is 7.96. The van der Waals surface area contributed by atoms with Gasteiger partial charge in [-0.05, 0) is 42.6 Å². The van der Waals surface area contributed by atoms with Crippen molar-refractivity contribution in [3.8, 4) is 17.2 Å². The summed E-state index contributed by atoms with van der Waals surface area (Å²) in [6.45, 7) is 3.21. The third-order valence-corrected chi connectivity index (χ3v) is 4.79. The molecule has 0 spiro atoms. The molecule has 22 heavy (non-hydrogen) atoms. The molecule has 4 rings (SSSR count). The number of fused-ring (bicyclic) bond motifs is 3. The normalized spacial score (nSPS) is 20.0. The van der Waals surface area contributed by atoms with Crippen LogP contribution < -0.4 is 10.2 Å². The summed E-state index contributed by atoms with van der Waals surface area (Å²) < 4.78 is 0. The van der Waals surface area contributed by atoms with Gasteiger partial charge in [0.1, 0.15) is 0 Å². The van der Waals surface area contributed by atoms with E-state index in [9.17, 15) is 0 Å². The van der Waals surface area contributed by atoms with Crippen LogP contribution in [0.1, 0.15) is 17.5 Å². The minimum Gasteiger partial charge on any atom is -0.366 e. The Morgan fingerprint density at radius 3 is 2.95 bits per heavy atom. The second-order valence-electron chi connectivity index (χ2n) is 6.10. The molecule has 1 N–H and O–H groups in total. The van der Waals surface area contributed by atoms with E-state index in [2.05, 4.69) is 40.6 Å². The topological polar surface area (TPSA) is 39.1 Å². The lowest BCUT2D eigenvalue weighted by atomic mass is 9.98. The number of nitriles is 1. The fraction of sp³-hybridized carbons (Fsp3) is 0.316. The molecule has 1 fully saturated rings. The Hall–Kier alpha value is -2.31. The number of para-hydroxylation sites is 1. The molecule has 0 radical (unpaired) electrons. The van der Waals surface area contributed by atoms with Gasteiger partial charge in [-0.25, -0.2) is 0 Å². The van der Waals surface area contributed by atoms with Crippen LogP contribution in [0.5, 0.6) is 0 Å². The average Bonchev–Trinajstić information content (AvgIpc) is 2.76. The largest absolute Gasteiger partial charge is 0.366 e. The van der Waals surface area contributed by atoms with E-state index in [1.807, 2.05) is 18.2 Å². The van der Waals surface area contributed by atoms with Crippen molar-refractivity contribution in [3.63, 3.8) is 0 Å². The Morgan fingerprint density at radius 2 is 2.05 bits per heavy atom. The van der Waals surface area contributed by atoms with Crippen LogP contribution in [-0.2, 0) is 6.42 Å². The van der Waals surface area contributed by atoms with Gasteiger partial charge in [-0.1, -0.05) is 30.3 Å². The number of hydrogen-bond donors (Lipinski definition) is 1. The fourth-order valence-electron chi connectivity index (χ4n) is 3.78. The summed E-state index contributed by atoms with van der Waals surface area (Å²) in [7, 11) is 0. The van der Waals surface area contributed by atoms with E-state index in [1.54, 1.807) is 0 Å². The lowest BCUT2D eigenvalue weighted by Crippen LogP contribution is -2.33. The fourth-order valence-corrected chi connectivity index (χ4v) is 3.78. The van der Waals surface area contributed by atoms with Crippen molar-refractivity contribution in [1.82, 2.24) is 5.32 Å². The van der Waals surface area contributed by atoms with Crippen molar-refractivity contribution in [2.45, 2.75) is 18.9 Å². The van der Waals surface area contributed by atoms with Gasteiger partial charge in [0.2, 0.25) is 0 Å². The maximum absolute atomic E-state index is 9.16. The second kappa shape index (κ2) is 5.47. The van der Waals surface area contributed by atoms with Gasteiger partial charge in [0.25, 0.3) is 0 Å². The Morgan fingerprint density at radius 1 is 1.14 bits per heavy atom. The zero-order chi connectivity index (χ0) is 14.9. The highest BCUT2D eigenvalue weighted by atomic mass is 15.2. The van der Waals surface area contributed by atoms with E-state index < -0.39 is 0 Å². The first-order valence-electron chi connectivity index (χ1n) is 7.96. The van der Waals surface area contributed by atoms with E-state index in [4.69, 9.17) is 5.26 Å². The highest BCUT2D eigenvalue weighted by molar-refractivity contribution is 5.83. The van der Waals surface area contributed by atoms with Crippen LogP contribution in [0.15, 0.2) is 42.5 Å². The van der Waals surface area contributed by atoms with Gasteiger partial charge in [-0.15, -0.1) is 0 Å². The minimum atomic E-state index is 0.616. The molecule has 3 heteroatoms. The van der Waals surface area contributed by atoms with Gasteiger partial charge in [0.05, 0.1) is 11.6 Å². The van der Waals surface area contributed by atoms with Crippen molar-refractivity contribution in [3.05, 3.63) is 53.6 Å². The quantitative estimate of drug-likeness (QED) is 0.877. The van der Waals surface area contributed by atoms with Crippen molar-refractivity contribution in [2.75, 3.05) is 24.5 Å². The van der Waals surface area contributed by atoms with E-state index >= 15 is 0 Å². The molecule has 0 saturated carbocycles. The maximum Gasteiger partial charge on any atom is 0.0991 e. The standard InChI is InChI=1S/C19H19N3/c20-13-14-3-1-4-15(11-14)18-6-2-5-16-12-17-7-8-21-9-10-22(17)19(16)18/h1-6,11,17,21H,7-10,12H2. The summed E-state index contributed by atoms with van der Waals surface area (Å²) in [6.07, 6.45) is 2.34. The van der Waals surface area contributed by atoms with Crippen molar-refractivity contribution < 1.29 is 0 Å². The molecule has 1 unspecified atom stereocenters. The number of anilines is 1. The van der Waals surface area contributed by atoms with Gasteiger partial charge in [-0.2, -0.15) is 5.26 Å². The zero-order valence-corrected chi connectivity index (χ0v) is 12.5. The monoisotopic (exact) mass is 289 g/mol. The SMILES string of the molecule is N#Cc1cccc(-c2cccc3c2N2CCNCCC2C3)c1. The molecule has 2 aromatic rings. The number of rotatable bonds is 1. The molecule has 0 amide bonds. The van der Waals surface area contributed by atoms with Crippen LogP contribution in [0.2, 0.25) is 0 Å². The van der Waals surface area contributed by atoms with Gasteiger partial charge in [0.15, 0.2) is 0 Å². The first-order chi connectivity index (χ1) is 10.9. The molecule has 0 aliphatic carbocycles. The predicted octanol–water partition coefficient (Wildman–Crippen LogP) is 2.95. The molecule has 2 aliphatic rings. The lowest BCUT2D eigenvalue weighted by molar-refractivity contribution is 0.612. The summed E-state index contributed by atoms with van der Waals surface area (Å²) in [5.74, 6) is 0. The van der Waals surface area contributed by atoms with E-state index in [1.165, 1.54) is 23.2 Å². The lowest BCUT2D eigenvalue weighted by Gasteiger charge is -2.26. The van der Waals surface area contributed by atoms with Crippen molar-refractivity contribution in [1.29, 1.82) is 5.26 Å². The Balaban J connectivity index is 1.83. The number of hydrogen-bond acceptors (Lipinski definition) is 3. The van der Waals surface area contributed by atoms with Gasteiger partial charge < -0.3 is 10.2 Å². The average molecular weight is 289 g/mol. The summed E-state index contributed by atoms with van der Waals surface area (Å²) >= 11 is 0. The summed E-state index contributed by atoms with van der Waals surface area (Å²) in [6, 6.07) is 17.4. The Labute approximate surface area is 131 Å². The molecule has 0 bridgehead atoms. The molecule has 0 aromatic heterocycles. The highest BCUT2D eigenvalue weighted by Crippen LogP contribution is 2.41. The molecule has 2 aromatic carbocycles. The van der Waals surface area contributed by atoms with Crippen LogP contribution in [0, 0.1) is 11.3 Å². The van der Waals surface area contributed by atoms with Gasteiger partial charge >= 0.3 is 0 Å². The molecule has 110 valence electrons. The van der Waals surface area contributed by atoms with Crippen LogP contribution in [0.4, 0.5) is 5.69 Å². The van der Waals surface area contributed by atoms with Crippen molar-refractivity contribution >= 4 is 5.69 Å². The van der Waals surface area contributed by atoms with Crippen LogP contribution in [0.3, 0.4) is 0 Å². The summed E-state index contributed by atoms with van der Waals surface area (Å²) in [4.78, 5) is 2.57. The molecular formula is C19H19N3. The number of nitrogens with zero attached hydrogens (tertiary/aromatic N) is 2. The molecule has 2 aliphatic heterocycles. The van der Waals surface area contributed by atoms with E-state index in [0.717, 1.165) is 37.2 Å². The van der Waals surface area contributed by atoms with Crippen LogP contribution >= 0.6 is 0 Å². The number of nitrogens with one attached hydrogen (secondary N) is 1. The number of benzene rings is 2. The van der Waals surface area contributed by atoms with Gasteiger partial charge in [-0.3, -0.25) is 0 Å². The first kappa shape index (κ1) is 13.4. The smallest absolute Gasteiger partial charge is 0.0991 e. The van der Waals surface area contributed by atoms with Crippen LogP contribution in [0.25, 0.3) is 11.1 Å². The van der Waals surface area contributed by atoms with E-state index in [0.29, 0.717) is 6.04 Å². The molecule has 3 nitrogen and oxygen atoms in total. The molecular weight excluding hydrogens is 270 g/mol.